The first-order valence-corrected chi connectivity index (χ1v) is 6.93. The molecule has 0 unspecified atom stereocenters. The summed E-state index contributed by atoms with van der Waals surface area (Å²) in [5.74, 6) is -0.620. The topological polar surface area (TPSA) is 84.5 Å². The Morgan fingerprint density at radius 2 is 1.87 bits per heavy atom. The molecule has 3 rings (SSSR count). The molecule has 23 heavy (non-hydrogen) atoms. The van der Waals surface area contributed by atoms with Gasteiger partial charge < -0.3 is 5.11 Å². The fraction of sp³-hybridized carbons (Fsp3) is 0.0588. The largest absolute Gasteiger partial charge is 0.478 e. The highest BCUT2D eigenvalue weighted by molar-refractivity contribution is 5.98. The Morgan fingerprint density at radius 1 is 1.17 bits per heavy atom. The number of aromatic carboxylic acids is 1. The molecule has 6 heteroatoms. The van der Waals surface area contributed by atoms with E-state index in [1.54, 1.807) is 43.3 Å². The highest BCUT2D eigenvalue weighted by atomic mass is 16.4. The minimum Gasteiger partial charge on any atom is -0.478 e. The van der Waals surface area contributed by atoms with Gasteiger partial charge in [-0.05, 0) is 25.1 Å². The van der Waals surface area contributed by atoms with Crippen molar-refractivity contribution < 1.29 is 9.90 Å². The molecule has 2 aromatic carbocycles. The number of para-hydroxylation sites is 1. The van der Waals surface area contributed by atoms with Gasteiger partial charge in [0.2, 0.25) is 0 Å². The maximum atomic E-state index is 12.5. The Morgan fingerprint density at radius 3 is 2.65 bits per heavy atom. The Hall–Kier alpha value is -3.28. The number of carbonyl (C=O) groups is 1. The molecule has 0 bridgehead atoms. The van der Waals surface area contributed by atoms with Crippen LogP contribution in [0.4, 0.5) is 0 Å². The third-order valence-corrected chi connectivity index (χ3v) is 3.42. The van der Waals surface area contributed by atoms with Crippen molar-refractivity contribution in [3.8, 4) is 0 Å². The molecule has 0 spiro atoms. The quantitative estimate of drug-likeness (QED) is 0.752. The van der Waals surface area contributed by atoms with E-state index >= 15 is 0 Å². The smallest absolute Gasteiger partial charge is 0.336 e. The van der Waals surface area contributed by atoms with Crippen LogP contribution in [0.1, 0.15) is 21.7 Å². The lowest BCUT2D eigenvalue weighted by atomic mass is 10.1. The molecule has 1 aromatic heterocycles. The molecule has 0 fully saturated rings. The fourth-order valence-electron chi connectivity index (χ4n) is 2.29. The second-order valence-electron chi connectivity index (χ2n) is 4.93. The van der Waals surface area contributed by atoms with E-state index in [1.165, 1.54) is 17.0 Å². The summed E-state index contributed by atoms with van der Waals surface area (Å²) < 4.78 is 1.17. The number of rotatable bonds is 3. The molecule has 0 aliphatic carbocycles. The molecule has 0 aliphatic heterocycles. The van der Waals surface area contributed by atoms with E-state index in [-0.39, 0.29) is 11.1 Å². The van der Waals surface area contributed by atoms with Crippen molar-refractivity contribution in [1.82, 2.24) is 9.66 Å². The molecule has 114 valence electrons. The Bertz CT molecular complexity index is 990. The first-order valence-electron chi connectivity index (χ1n) is 6.93. The van der Waals surface area contributed by atoms with E-state index in [4.69, 9.17) is 0 Å². The standard InChI is InChI=1S/C17H13N3O3/c1-11-19-15-9-5-4-8-14(15)16(21)20(11)18-10-12-6-2-3-7-13(12)17(22)23/h2-10H,1H3,(H,22,23)/b18-10+. The van der Waals surface area contributed by atoms with Gasteiger partial charge in [-0.3, -0.25) is 4.79 Å². The van der Waals surface area contributed by atoms with E-state index in [0.29, 0.717) is 22.3 Å². The van der Waals surface area contributed by atoms with Gasteiger partial charge in [0, 0.05) is 5.56 Å². The van der Waals surface area contributed by atoms with E-state index in [9.17, 15) is 14.7 Å². The van der Waals surface area contributed by atoms with Crippen LogP contribution in [-0.2, 0) is 0 Å². The zero-order valence-electron chi connectivity index (χ0n) is 12.3. The lowest BCUT2D eigenvalue weighted by Crippen LogP contribution is -2.20. The molecule has 0 aliphatic rings. The molecule has 0 atom stereocenters. The Kier molecular flexibility index (Phi) is 3.72. The summed E-state index contributed by atoms with van der Waals surface area (Å²) in [4.78, 5) is 28.0. The maximum Gasteiger partial charge on any atom is 0.336 e. The maximum absolute atomic E-state index is 12.5. The summed E-state index contributed by atoms with van der Waals surface area (Å²) in [6.45, 7) is 1.67. The van der Waals surface area contributed by atoms with Crippen molar-refractivity contribution >= 4 is 23.1 Å². The normalized spacial score (nSPS) is 11.2. The molecule has 0 amide bonds. The summed E-state index contributed by atoms with van der Waals surface area (Å²) >= 11 is 0. The lowest BCUT2D eigenvalue weighted by molar-refractivity contribution is 0.0697. The third-order valence-electron chi connectivity index (χ3n) is 3.42. The van der Waals surface area contributed by atoms with Gasteiger partial charge in [0.15, 0.2) is 0 Å². The van der Waals surface area contributed by atoms with E-state index in [1.807, 2.05) is 6.07 Å². The van der Waals surface area contributed by atoms with E-state index in [2.05, 4.69) is 10.1 Å². The average Bonchev–Trinajstić information content (AvgIpc) is 2.55. The Labute approximate surface area is 131 Å². The molecule has 0 saturated heterocycles. The number of hydrogen-bond acceptors (Lipinski definition) is 4. The van der Waals surface area contributed by atoms with Gasteiger partial charge in [-0.25, -0.2) is 9.78 Å². The van der Waals surface area contributed by atoms with E-state index in [0.717, 1.165) is 0 Å². The molecule has 0 saturated carbocycles. The van der Waals surface area contributed by atoms with Crippen molar-refractivity contribution in [3.05, 3.63) is 75.8 Å². The number of nitrogens with zero attached hydrogens (tertiary/aromatic N) is 3. The lowest BCUT2D eigenvalue weighted by Gasteiger charge is -2.05. The van der Waals surface area contributed by atoms with Crippen molar-refractivity contribution in [2.24, 2.45) is 5.10 Å². The van der Waals surface area contributed by atoms with Crippen LogP contribution in [0.25, 0.3) is 10.9 Å². The van der Waals surface area contributed by atoms with Gasteiger partial charge in [-0.1, -0.05) is 30.3 Å². The van der Waals surface area contributed by atoms with Crippen LogP contribution in [-0.4, -0.2) is 27.0 Å². The summed E-state index contributed by atoms with van der Waals surface area (Å²) in [5.41, 5.74) is 0.847. The second-order valence-corrected chi connectivity index (χ2v) is 4.93. The molecule has 1 heterocycles. The molecular weight excluding hydrogens is 294 g/mol. The summed E-state index contributed by atoms with van der Waals surface area (Å²) in [7, 11) is 0. The number of aromatic nitrogens is 2. The van der Waals surface area contributed by atoms with Gasteiger partial charge >= 0.3 is 5.97 Å². The van der Waals surface area contributed by atoms with Crippen LogP contribution < -0.4 is 5.56 Å². The van der Waals surface area contributed by atoms with Crippen LogP contribution in [0, 0.1) is 6.92 Å². The van der Waals surface area contributed by atoms with Crippen LogP contribution in [0.3, 0.4) is 0 Å². The molecule has 3 aromatic rings. The number of benzene rings is 2. The molecule has 6 nitrogen and oxygen atoms in total. The number of carboxylic acid groups (broad SMARTS) is 1. The van der Waals surface area contributed by atoms with Crippen molar-refractivity contribution in [3.63, 3.8) is 0 Å². The third kappa shape index (κ3) is 2.74. The number of fused-ring (bicyclic) bond motifs is 1. The minimum absolute atomic E-state index is 0.121. The van der Waals surface area contributed by atoms with Gasteiger partial charge in [0.05, 0.1) is 22.7 Å². The SMILES string of the molecule is Cc1nc2ccccc2c(=O)n1/N=C/c1ccccc1C(=O)O. The summed E-state index contributed by atoms with van der Waals surface area (Å²) in [5, 5.41) is 13.8. The van der Waals surface area contributed by atoms with Crippen molar-refractivity contribution in [2.45, 2.75) is 6.92 Å². The van der Waals surface area contributed by atoms with E-state index < -0.39 is 5.97 Å². The Balaban J connectivity index is 2.12. The van der Waals surface area contributed by atoms with Crippen molar-refractivity contribution in [2.75, 3.05) is 0 Å². The van der Waals surface area contributed by atoms with Gasteiger partial charge in [-0.15, -0.1) is 0 Å². The second kappa shape index (κ2) is 5.84. The number of aryl methyl sites for hydroxylation is 1. The zero-order valence-corrected chi connectivity index (χ0v) is 12.3. The fourth-order valence-corrected chi connectivity index (χ4v) is 2.29. The highest BCUT2D eigenvalue weighted by Crippen LogP contribution is 2.09. The van der Waals surface area contributed by atoms with Gasteiger partial charge in [0.1, 0.15) is 5.82 Å². The predicted molar refractivity (Wildman–Crippen MR) is 87.1 cm³/mol. The van der Waals surface area contributed by atoms with Crippen LogP contribution in [0.5, 0.6) is 0 Å². The predicted octanol–water partition coefficient (Wildman–Crippen LogP) is 2.29. The molecular formula is C17H13N3O3. The summed E-state index contributed by atoms with van der Waals surface area (Å²) in [6.07, 6.45) is 1.36. The monoisotopic (exact) mass is 307 g/mol. The number of carboxylic acids is 1. The summed E-state index contributed by atoms with van der Waals surface area (Å²) in [6, 6.07) is 13.5. The van der Waals surface area contributed by atoms with Crippen LogP contribution in [0.2, 0.25) is 0 Å². The number of hydrogen-bond donors (Lipinski definition) is 1. The zero-order chi connectivity index (χ0) is 16.4. The molecule has 1 N–H and O–H groups in total. The molecule has 0 radical (unpaired) electrons. The highest BCUT2D eigenvalue weighted by Gasteiger charge is 2.09. The minimum atomic E-state index is -1.05. The van der Waals surface area contributed by atoms with Crippen molar-refractivity contribution in [1.29, 1.82) is 0 Å². The average molecular weight is 307 g/mol. The van der Waals surface area contributed by atoms with Gasteiger partial charge in [-0.2, -0.15) is 9.78 Å². The first kappa shape index (κ1) is 14.6. The first-order chi connectivity index (χ1) is 11.1. The van der Waals surface area contributed by atoms with Gasteiger partial charge in [0.25, 0.3) is 5.56 Å². The van der Waals surface area contributed by atoms with Crippen LogP contribution >= 0.6 is 0 Å². The van der Waals surface area contributed by atoms with Crippen LogP contribution in [0.15, 0.2) is 58.4 Å².